The van der Waals surface area contributed by atoms with Gasteiger partial charge in [-0.05, 0) is 50.7 Å². The number of nitrogens with one attached hydrogen (secondary N) is 2. The zero-order chi connectivity index (χ0) is 22.2. The summed E-state index contributed by atoms with van der Waals surface area (Å²) in [6.45, 7) is 8.72. The maximum absolute atomic E-state index is 12.5. The van der Waals surface area contributed by atoms with Gasteiger partial charge >= 0.3 is 11.8 Å². The molecule has 2 aromatic rings. The number of piperazine rings is 1. The molecule has 7 nitrogen and oxygen atoms in total. The summed E-state index contributed by atoms with van der Waals surface area (Å²) in [6, 6.07) is 15.4. The van der Waals surface area contributed by atoms with Crippen molar-refractivity contribution < 1.29 is 14.3 Å². The number of anilines is 1. The van der Waals surface area contributed by atoms with Gasteiger partial charge in [-0.25, -0.2) is 0 Å². The Labute approximate surface area is 184 Å². The van der Waals surface area contributed by atoms with Crippen molar-refractivity contribution >= 4 is 17.5 Å². The van der Waals surface area contributed by atoms with Crippen molar-refractivity contribution in [2.45, 2.75) is 19.9 Å². The second kappa shape index (κ2) is 10.9. The van der Waals surface area contributed by atoms with E-state index in [-0.39, 0.29) is 6.04 Å². The molecule has 0 spiro atoms. The van der Waals surface area contributed by atoms with Gasteiger partial charge < -0.3 is 20.3 Å². The Balaban J connectivity index is 1.60. The number of carbonyl (C=O) groups is 2. The second-order valence-electron chi connectivity index (χ2n) is 7.89. The Morgan fingerprint density at radius 2 is 1.61 bits per heavy atom. The number of carbonyl (C=O) groups excluding carboxylic acids is 2. The minimum Gasteiger partial charge on any atom is -0.494 e. The van der Waals surface area contributed by atoms with Crippen LogP contribution in [0.4, 0.5) is 5.69 Å². The van der Waals surface area contributed by atoms with Crippen molar-refractivity contribution in [3.63, 3.8) is 0 Å². The van der Waals surface area contributed by atoms with Crippen molar-refractivity contribution in [2.75, 3.05) is 51.7 Å². The van der Waals surface area contributed by atoms with Crippen LogP contribution in [0.3, 0.4) is 0 Å². The largest absolute Gasteiger partial charge is 0.494 e. The van der Waals surface area contributed by atoms with Crippen molar-refractivity contribution in [3.05, 3.63) is 59.7 Å². The third-order valence-corrected chi connectivity index (χ3v) is 5.53. The van der Waals surface area contributed by atoms with E-state index in [0.717, 1.165) is 37.5 Å². The number of aryl methyl sites for hydroxylation is 1. The molecular weight excluding hydrogens is 392 g/mol. The SMILES string of the molecule is CCOc1ccc(NC(=O)C(=O)NC[C@H](c2ccc(C)cc2)N2CCN(C)CC2)cc1. The Bertz CT molecular complexity index is 859. The molecule has 7 heteroatoms. The van der Waals surface area contributed by atoms with Crippen molar-refractivity contribution in [1.82, 2.24) is 15.1 Å². The third kappa shape index (κ3) is 6.54. The van der Waals surface area contributed by atoms with Crippen molar-refractivity contribution in [2.24, 2.45) is 0 Å². The van der Waals surface area contributed by atoms with E-state index >= 15 is 0 Å². The van der Waals surface area contributed by atoms with E-state index in [1.54, 1.807) is 24.3 Å². The number of hydrogen-bond acceptors (Lipinski definition) is 5. The van der Waals surface area contributed by atoms with Crippen LogP contribution in [0.25, 0.3) is 0 Å². The first kappa shape index (κ1) is 22.8. The van der Waals surface area contributed by atoms with Gasteiger partial charge in [-0.3, -0.25) is 14.5 Å². The molecule has 0 aliphatic carbocycles. The molecule has 1 aliphatic rings. The summed E-state index contributed by atoms with van der Waals surface area (Å²) < 4.78 is 5.39. The summed E-state index contributed by atoms with van der Waals surface area (Å²) in [6.07, 6.45) is 0. The number of rotatable bonds is 7. The van der Waals surface area contributed by atoms with Crippen molar-refractivity contribution in [1.29, 1.82) is 0 Å². The van der Waals surface area contributed by atoms with Gasteiger partial charge in [0.1, 0.15) is 5.75 Å². The predicted octanol–water partition coefficient (Wildman–Crippen LogP) is 2.44. The number of hydrogen-bond donors (Lipinski definition) is 2. The van der Waals surface area contributed by atoms with Gasteiger partial charge in [0.25, 0.3) is 0 Å². The molecule has 31 heavy (non-hydrogen) atoms. The van der Waals surface area contributed by atoms with E-state index in [0.29, 0.717) is 18.8 Å². The number of amides is 2. The van der Waals surface area contributed by atoms with Gasteiger partial charge in [-0.15, -0.1) is 0 Å². The van der Waals surface area contributed by atoms with E-state index in [4.69, 9.17) is 4.74 Å². The Hall–Kier alpha value is -2.90. The maximum atomic E-state index is 12.5. The summed E-state index contributed by atoms with van der Waals surface area (Å²) >= 11 is 0. The molecule has 0 saturated carbocycles. The van der Waals surface area contributed by atoms with Crippen LogP contribution < -0.4 is 15.4 Å². The summed E-state index contributed by atoms with van der Waals surface area (Å²) in [4.78, 5) is 29.5. The standard InChI is InChI=1S/C24H32N4O3/c1-4-31-21-11-9-20(10-12-21)26-24(30)23(29)25-17-22(19-7-5-18(2)6-8-19)28-15-13-27(3)14-16-28/h5-12,22H,4,13-17H2,1-3H3,(H,25,29)(H,26,30)/t22-/m1/s1. The first-order valence-electron chi connectivity index (χ1n) is 10.8. The zero-order valence-electron chi connectivity index (χ0n) is 18.6. The maximum Gasteiger partial charge on any atom is 0.313 e. The summed E-state index contributed by atoms with van der Waals surface area (Å²) in [5.41, 5.74) is 2.89. The molecule has 1 atom stereocenters. The van der Waals surface area contributed by atoms with Crippen LogP contribution in [0.5, 0.6) is 5.75 Å². The van der Waals surface area contributed by atoms with E-state index < -0.39 is 11.8 Å². The number of nitrogens with zero attached hydrogens (tertiary/aromatic N) is 2. The fourth-order valence-corrected chi connectivity index (χ4v) is 3.64. The Morgan fingerprint density at radius 1 is 0.968 bits per heavy atom. The highest BCUT2D eigenvalue weighted by atomic mass is 16.5. The van der Waals surface area contributed by atoms with Crippen LogP contribution in [0.15, 0.2) is 48.5 Å². The van der Waals surface area contributed by atoms with Crippen LogP contribution in [-0.2, 0) is 9.59 Å². The highest BCUT2D eigenvalue weighted by Gasteiger charge is 2.25. The smallest absolute Gasteiger partial charge is 0.313 e. The lowest BCUT2D eigenvalue weighted by molar-refractivity contribution is -0.136. The first-order valence-corrected chi connectivity index (χ1v) is 10.8. The van der Waals surface area contributed by atoms with E-state index in [1.165, 1.54) is 5.56 Å². The summed E-state index contributed by atoms with van der Waals surface area (Å²) in [5, 5.41) is 5.47. The Morgan fingerprint density at radius 3 is 2.23 bits per heavy atom. The van der Waals surface area contributed by atoms with Crippen molar-refractivity contribution in [3.8, 4) is 5.75 Å². The van der Waals surface area contributed by atoms with E-state index in [2.05, 4.69) is 58.7 Å². The third-order valence-electron chi connectivity index (χ3n) is 5.53. The number of likely N-dealkylation sites (N-methyl/N-ethyl adjacent to an activating group) is 1. The monoisotopic (exact) mass is 424 g/mol. The predicted molar refractivity (Wildman–Crippen MR) is 122 cm³/mol. The highest BCUT2D eigenvalue weighted by Crippen LogP contribution is 2.22. The van der Waals surface area contributed by atoms with Gasteiger partial charge in [-0.1, -0.05) is 29.8 Å². The lowest BCUT2D eigenvalue weighted by Gasteiger charge is -2.38. The molecule has 2 amide bonds. The molecule has 1 heterocycles. The average molecular weight is 425 g/mol. The highest BCUT2D eigenvalue weighted by molar-refractivity contribution is 6.39. The second-order valence-corrected chi connectivity index (χ2v) is 7.89. The number of ether oxygens (including phenoxy) is 1. The molecule has 1 saturated heterocycles. The quantitative estimate of drug-likeness (QED) is 0.668. The van der Waals surface area contributed by atoms with Gasteiger partial charge in [0.05, 0.1) is 12.6 Å². The zero-order valence-corrected chi connectivity index (χ0v) is 18.6. The fourth-order valence-electron chi connectivity index (χ4n) is 3.64. The van der Waals surface area contributed by atoms with E-state index in [1.807, 2.05) is 6.92 Å². The minimum absolute atomic E-state index is 0.0246. The van der Waals surface area contributed by atoms with Gasteiger partial charge in [0.15, 0.2) is 0 Å². The Kier molecular flexibility index (Phi) is 8.03. The van der Waals surface area contributed by atoms with Crippen LogP contribution in [0.1, 0.15) is 24.1 Å². The lowest BCUT2D eigenvalue weighted by atomic mass is 10.0. The molecule has 1 fully saturated rings. The molecule has 3 rings (SSSR count). The normalized spacial score (nSPS) is 15.8. The van der Waals surface area contributed by atoms with Crippen LogP contribution in [-0.4, -0.2) is 68.0 Å². The molecule has 0 bridgehead atoms. The van der Waals surface area contributed by atoms with Gasteiger partial charge in [0, 0.05) is 38.4 Å². The molecule has 1 aliphatic heterocycles. The summed E-state index contributed by atoms with van der Waals surface area (Å²) in [7, 11) is 2.12. The molecule has 0 aromatic heterocycles. The molecule has 0 radical (unpaired) electrons. The lowest BCUT2D eigenvalue weighted by Crippen LogP contribution is -2.49. The number of benzene rings is 2. The minimum atomic E-state index is -0.676. The average Bonchev–Trinajstić information content (AvgIpc) is 2.77. The summed E-state index contributed by atoms with van der Waals surface area (Å²) in [5.74, 6) is -0.594. The molecule has 2 N–H and O–H groups in total. The van der Waals surface area contributed by atoms with Crippen LogP contribution in [0, 0.1) is 6.92 Å². The molecule has 0 unspecified atom stereocenters. The molecule has 2 aromatic carbocycles. The van der Waals surface area contributed by atoms with Gasteiger partial charge in [0.2, 0.25) is 0 Å². The van der Waals surface area contributed by atoms with Crippen LogP contribution in [0.2, 0.25) is 0 Å². The van der Waals surface area contributed by atoms with Gasteiger partial charge in [-0.2, -0.15) is 0 Å². The molecule has 166 valence electrons. The van der Waals surface area contributed by atoms with E-state index in [9.17, 15) is 9.59 Å². The van der Waals surface area contributed by atoms with Crippen LogP contribution >= 0.6 is 0 Å². The molecular formula is C24H32N4O3. The first-order chi connectivity index (χ1) is 15.0. The topological polar surface area (TPSA) is 73.9 Å². The fraction of sp³-hybridized carbons (Fsp3) is 0.417.